The van der Waals surface area contributed by atoms with Gasteiger partial charge in [0.15, 0.2) is 0 Å². The summed E-state index contributed by atoms with van der Waals surface area (Å²) in [6, 6.07) is 0. The van der Waals surface area contributed by atoms with E-state index in [9.17, 15) is 0 Å². The summed E-state index contributed by atoms with van der Waals surface area (Å²) in [7, 11) is 7.26. The monoisotopic (exact) mass is 264 g/mol. The van der Waals surface area contributed by atoms with E-state index in [1.54, 1.807) is 13.8 Å². The van der Waals surface area contributed by atoms with Gasteiger partial charge in [-0.2, -0.15) is 0 Å². The quantitative estimate of drug-likeness (QED) is 0.640. The van der Waals surface area contributed by atoms with Crippen LogP contribution in [-0.2, 0) is 10.6 Å². The van der Waals surface area contributed by atoms with Crippen LogP contribution in [0.3, 0.4) is 0 Å². The number of rotatable bonds is 0. The molecule has 0 aromatic heterocycles. The third-order valence-corrected chi connectivity index (χ3v) is 8.64. The van der Waals surface area contributed by atoms with E-state index in [1.807, 2.05) is 0 Å². The molecule has 0 saturated carbocycles. The molecular formula is C4H12Cl2N2Pd. The first-order chi connectivity index (χ1) is 3.62. The molecule has 0 aromatic carbocycles. The van der Waals surface area contributed by atoms with Crippen molar-refractivity contribution >= 4 is 28.0 Å². The number of halogens is 2. The molecule has 62 valence electrons. The maximum absolute atomic E-state index is 5.79. The molecule has 4 N–H and O–H groups in total. The molecule has 5 heteroatoms. The van der Waals surface area contributed by atoms with E-state index < -0.39 is 10.6 Å². The van der Waals surface area contributed by atoms with Gasteiger partial charge in [0.25, 0.3) is 0 Å². The molecule has 0 heterocycles. The van der Waals surface area contributed by atoms with Crippen LogP contribution in [0.25, 0.3) is 0 Å². The van der Waals surface area contributed by atoms with Crippen LogP contribution in [0.4, 0.5) is 0 Å². The Bertz CT molecular complexity index is 239. The fraction of sp³-hybridized carbons (Fsp3) is 0.500. The predicted octanol–water partition coefficient (Wildman–Crippen LogP) is 0.911. The molecular weight excluding hydrogens is 253 g/mol. The molecule has 0 aliphatic rings. The van der Waals surface area contributed by atoms with Crippen molar-refractivity contribution in [2.24, 2.45) is 8.73 Å². The summed E-state index contributed by atoms with van der Waals surface area (Å²) < 4.78 is 14.1. The van der Waals surface area contributed by atoms with Crippen molar-refractivity contribution in [2.45, 2.75) is 13.8 Å². The Morgan fingerprint density at radius 3 is 1.33 bits per heavy atom. The average molecular weight is 265 g/mol. The van der Waals surface area contributed by atoms with Gasteiger partial charge in [-0.25, -0.2) is 0 Å². The summed E-state index contributed by atoms with van der Waals surface area (Å²) in [6.07, 6.45) is 0. The first-order valence-electron chi connectivity index (χ1n) is 2.12. The average Bonchev–Trinajstić information content (AvgIpc) is 1.67. The zero-order valence-electron chi connectivity index (χ0n) is 5.38. The van der Waals surface area contributed by atoms with Crippen LogP contribution in [0.15, 0.2) is 0 Å². The molecule has 0 spiro atoms. The van der Waals surface area contributed by atoms with Crippen molar-refractivity contribution < 1.29 is 10.6 Å². The zero-order valence-corrected chi connectivity index (χ0v) is 8.45. The standard InChI is InChI=1S/2C2H4.2ClH.2H2N.Pd/c2*1-2;;;;;/h2*1H,2H3;2*1H;2*1H2;/q;;;;2*-1;+4/p-2. The first-order valence-corrected chi connectivity index (χ1v) is 9.72. The van der Waals surface area contributed by atoms with Gasteiger partial charge in [-0.15, -0.1) is 0 Å². The molecule has 0 fully saturated rings. The van der Waals surface area contributed by atoms with E-state index in [-0.39, 0.29) is 0 Å². The summed E-state index contributed by atoms with van der Waals surface area (Å²) in [6.45, 7) is 3.32. The van der Waals surface area contributed by atoms with Crippen LogP contribution in [0, 0.1) is 0 Å². The van der Waals surface area contributed by atoms with Gasteiger partial charge >= 0.3 is 61.2 Å². The van der Waals surface area contributed by atoms with Gasteiger partial charge in [0.2, 0.25) is 0 Å². The van der Waals surface area contributed by atoms with Gasteiger partial charge in [0, 0.05) is 0 Å². The second-order valence-corrected chi connectivity index (χ2v) is 18.1. The summed E-state index contributed by atoms with van der Waals surface area (Å²) in [4.78, 5) is 0. The van der Waals surface area contributed by atoms with Gasteiger partial charge < -0.3 is 0 Å². The normalized spacial score (nSPS) is 19.8. The Kier molecular flexibility index (Phi) is 1.91. The van der Waals surface area contributed by atoms with E-state index in [0.29, 0.717) is 0 Å². The molecule has 0 rings (SSSR count). The molecule has 0 unspecified atom stereocenters. The van der Waals surface area contributed by atoms with Crippen LogP contribution < -0.4 is 8.73 Å². The minimum absolute atomic E-state index is 1.48. The zero-order chi connectivity index (χ0) is 7.82. The summed E-state index contributed by atoms with van der Waals surface area (Å²) >= 11 is 0. The molecule has 0 atom stereocenters. The molecule has 9 heavy (non-hydrogen) atoms. The van der Waals surface area contributed by atoms with E-state index >= 15 is 0 Å². The molecule has 0 amide bonds. The van der Waals surface area contributed by atoms with Gasteiger partial charge in [-0.05, 0) is 0 Å². The molecule has 2 nitrogen and oxygen atoms in total. The molecule has 0 saturated heterocycles. The van der Waals surface area contributed by atoms with E-state index in [1.165, 1.54) is 8.97 Å². The molecule has 0 radical (unpaired) electrons. The van der Waals surface area contributed by atoms with Crippen molar-refractivity contribution in [3.05, 3.63) is 0 Å². The Morgan fingerprint density at radius 2 is 1.33 bits per heavy atom. The van der Waals surface area contributed by atoms with Crippen molar-refractivity contribution in [1.82, 2.24) is 0 Å². The molecule has 0 bridgehead atoms. The van der Waals surface area contributed by atoms with Crippen LogP contribution in [-0.4, -0.2) is 8.97 Å². The fourth-order valence-corrected chi connectivity index (χ4v) is 0.624. The number of hydrogen-bond acceptors (Lipinski definition) is 2. The van der Waals surface area contributed by atoms with Crippen molar-refractivity contribution in [1.29, 1.82) is 0 Å². The van der Waals surface area contributed by atoms with Crippen molar-refractivity contribution in [3.63, 3.8) is 0 Å². The van der Waals surface area contributed by atoms with E-state index in [0.717, 1.165) is 0 Å². The summed E-state index contributed by atoms with van der Waals surface area (Å²) in [5.41, 5.74) is 0. The SMILES string of the molecule is C[CH]=[Pd]([NH2])([NH2])([Cl])([Cl])=[CH]C. The van der Waals surface area contributed by atoms with Gasteiger partial charge in [0.1, 0.15) is 0 Å². The van der Waals surface area contributed by atoms with E-state index in [2.05, 4.69) is 0 Å². The van der Waals surface area contributed by atoms with Crippen molar-refractivity contribution in [3.8, 4) is 0 Å². The minimum atomic E-state index is -4.32. The third-order valence-electron chi connectivity index (χ3n) is 0.908. The van der Waals surface area contributed by atoms with Crippen molar-refractivity contribution in [2.75, 3.05) is 0 Å². The van der Waals surface area contributed by atoms with E-state index in [4.69, 9.17) is 27.8 Å². The Labute approximate surface area is 61.2 Å². The predicted molar refractivity (Wildman–Crippen MR) is 43.6 cm³/mol. The fourth-order valence-electron chi connectivity index (χ4n) is 0.105. The number of hydrogen-bond donors (Lipinski definition) is 2. The van der Waals surface area contributed by atoms with Gasteiger partial charge in [-0.3, -0.25) is 0 Å². The second-order valence-electron chi connectivity index (χ2n) is 1.59. The Hall–Kier alpha value is 0.902. The van der Waals surface area contributed by atoms with Crippen LogP contribution in [0.2, 0.25) is 0 Å². The maximum atomic E-state index is 5.79. The van der Waals surface area contributed by atoms with Gasteiger partial charge in [-0.1, -0.05) is 0 Å². The molecule has 0 aliphatic carbocycles. The second kappa shape index (κ2) is 1.73. The molecule has 0 aromatic rings. The topological polar surface area (TPSA) is 52.0 Å². The number of nitrogens with two attached hydrogens (primary N) is 2. The van der Waals surface area contributed by atoms with Crippen LogP contribution >= 0.6 is 19.1 Å². The summed E-state index contributed by atoms with van der Waals surface area (Å²) in [5, 5.41) is 0. The van der Waals surface area contributed by atoms with Crippen LogP contribution in [0.5, 0.6) is 0 Å². The third kappa shape index (κ3) is 3.57. The first kappa shape index (κ1) is 9.90. The summed E-state index contributed by atoms with van der Waals surface area (Å²) in [5.74, 6) is 0. The Morgan fingerprint density at radius 1 is 1.11 bits per heavy atom. The molecule has 0 aliphatic heterocycles. The van der Waals surface area contributed by atoms with Gasteiger partial charge in [0.05, 0.1) is 0 Å². The van der Waals surface area contributed by atoms with Crippen LogP contribution in [0.1, 0.15) is 13.8 Å². The Balaban J connectivity index is 5.85.